The van der Waals surface area contributed by atoms with Gasteiger partial charge in [0.2, 0.25) is 5.91 Å². The Labute approximate surface area is 184 Å². The van der Waals surface area contributed by atoms with Crippen molar-refractivity contribution in [3.05, 3.63) is 83.3 Å². The van der Waals surface area contributed by atoms with Crippen LogP contribution >= 0.6 is 11.6 Å². The van der Waals surface area contributed by atoms with Gasteiger partial charge in [0, 0.05) is 5.02 Å². The summed E-state index contributed by atoms with van der Waals surface area (Å²) < 4.78 is 32.9. The van der Waals surface area contributed by atoms with Crippen LogP contribution in [0.5, 0.6) is 0 Å². The van der Waals surface area contributed by atoms with Gasteiger partial charge in [0.1, 0.15) is 11.8 Å². The van der Waals surface area contributed by atoms with Gasteiger partial charge in [-0.05, 0) is 55.5 Å². The van der Waals surface area contributed by atoms with E-state index >= 15 is 0 Å². The fourth-order valence-electron chi connectivity index (χ4n) is 2.67. The van der Waals surface area contributed by atoms with E-state index in [1.54, 1.807) is 24.3 Å². The molecule has 0 aliphatic heterocycles. The largest absolute Gasteiger partial charge is 0.467 e. The van der Waals surface area contributed by atoms with Crippen molar-refractivity contribution in [3.63, 3.8) is 0 Å². The molecule has 0 aliphatic rings. The average Bonchev–Trinajstić information content (AvgIpc) is 3.26. The highest BCUT2D eigenvalue weighted by Crippen LogP contribution is 2.21. The molecule has 1 heterocycles. The molecule has 0 saturated heterocycles. The predicted molar refractivity (Wildman–Crippen MR) is 116 cm³/mol. The van der Waals surface area contributed by atoms with Gasteiger partial charge in [-0.3, -0.25) is 14.3 Å². The normalized spacial score (nSPS) is 12.1. The number of nitrogens with one attached hydrogen (secondary N) is 3. The minimum Gasteiger partial charge on any atom is -0.467 e. The van der Waals surface area contributed by atoms with Gasteiger partial charge < -0.3 is 15.1 Å². The predicted octanol–water partition coefficient (Wildman–Crippen LogP) is 3.17. The molecule has 8 nitrogen and oxygen atoms in total. The molecule has 0 bridgehead atoms. The molecule has 3 N–H and O–H groups in total. The van der Waals surface area contributed by atoms with E-state index < -0.39 is 27.9 Å². The molecule has 0 aliphatic carbocycles. The summed E-state index contributed by atoms with van der Waals surface area (Å²) in [5.41, 5.74) is 0.156. The number of carbonyl (C=O) groups is 2. The SMILES string of the molecule is CC(NC(=O)c1ccccc1NS(=O)(=O)c1ccc(Cl)cc1)C(=O)NCc1ccco1. The highest BCUT2D eigenvalue weighted by molar-refractivity contribution is 7.92. The summed E-state index contributed by atoms with van der Waals surface area (Å²) in [6.45, 7) is 1.71. The fraction of sp³-hybridized carbons (Fsp3) is 0.143. The van der Waals surface area contributed by atoms with E-state index in [1.807, 2.05) is 0 Å². The van der Waals surface area contributed by atoms with Crippen LogP contribution in [0, 0.1) is 0 Å². The average molecular weight is 462 g/mol. The number of hydrogen-bond donors (Lipinski definition) is 3. The van der Waals surface area contributed by atoms with Gasteiger partial charge in [0.15, 0.2) is 0 Å². The zero-order valence-corrected chi connectivity index (χ0v) is 18.0. The monoisotopic (exact) mass is 461 g/mol. The molecule has 2 aromatic carbocycles. The van der Waals surface area contributed by atoms with E-state index in [0.29, 0.717) is 10.8 Å². The van der Waals surface area contributed by atoms with Crippen LogP contribution < -0.4 is 15.4 Å². The minimum atomic E-state index is -3.94. The molecular weight excluding hydrogens is 442 g/mol. The van der Waals surface area contributed by atoms with Gasteiger partial charge in [-0.25, -0.2) is 8.42 Å². The van der Waals surface area contributed by atoms with Gasteiger partial charge in [0.05, 0.1) is 29.0 Å². The highest BCUT2D eigenvalue weighted by atomic mass is 35.5. The molecule has 162 valence electrons. The van der Waals surface area contributed by atoms with Crippen LogP contribution in [-0.4, -0.2) is 26.3 Å². The number of furan rings is 1. The molecule has 31 heavy (non-hydrogen) atoms. The van der Waals surface area contributed by atoms with Crippen LogP contribution in [0.1, 0.15) is 23.0 Å². The Bertz CT molecular complexity index is 1160. The lowest BCUT2D eigenvalue weighted by Gasteiger charge is -2.16. The third-order valence-corrected chi connectivity index (χ3v) is 5.93. The lowest BCUT2D eigenvalue weighted by atomic mass is 10.1. The van der Waals surface area contributed by atoms with Crippen LogP contribution in [0.4, 0.5) is 5.69 Å². The van der Waals surface area contributed by atoms with Gasteiger partial charge in [-0.15, -0.1) is 0 Å². The maximum Gasteiger partial charge on any atom is 0.261 e. The summed E-state index contributed by atoms with van der Waals surface area (Å²) in [4.78, 5) is 25.0. The minimum absolute atomic E-state index is 0.00205. The number of amides is 2. The van der Waals surface area contributed by atoms with Gasteiger partial charge in [-0.2, -0.15) is 0 Å². The van der Waals surface area contributed by atoms with E-state index in [9.17, 15) is 18.0 Å². The highest BCUT2D eigenvalue weighted by Gasteiger charge is 2.21. The summed E-state index contributed by atoms with van der Waals surface area (Å²) in [5.74, 6) is -0.437. The molecule has 1 aromatic heterocycles. The Balaban J connectivity index is 1.69. The number of sulfonamides is 1. The fourth-order valence-corrected chi connectivity index (χ4v) is 3.87. The van der Waals surface area contributed by atoms with Crippen molar-refractivity contribution >= 4 is 39.1 Å². The van der Waals surface area contributed by atoms with E-state index in [4.69, 9.17) is 16.0 Å². The maximum atomic E-state index is 12.7. The third kappa shape index (κ3) is 5.87. The first-order valence-corrected chi connectivity index (χ1v) is 11.1. The molecule has 0 spiro atoms. The standard InChI is InChI=1S/C21H20ClN3O5S/c1-14(20(26)23-13-16-5-4-12-30-16)24-21(27)18-6-2-3-7-19(18)25-31(28,29)17-10-8-15(22)9-11-17/h2-12,14,25H,13H2,1H3,(H,23,26)(H,24,27). The first-order valence-electron chi connectivity index (χ1n) is 9.24. The second-order valence-corrected chi connectivity index (χ2v) is 8.72. The second-order valence-electron chi connectivity index (χ2n) is 6.60. The van der Waals surface area contributed by atoms with Crippen molar-refractivity contribution in [2.45, 2.75) is 24.4 Å². The second kappa shape index (κ2) is 9.67. The Morgan fingerprint density at radius 1 is 1.03 bits per heavy atom. The van der Waals surface area contributed by atoms with Crippen LogP contribution in [0.2, 0.25) is 5.02 Å². The Morgan fingerprint density at radius 3 is 2.42 bits per heavy atom. The van der Waals surface area contributed by atoms with Crippen molar-refractivity contribution in [1.82, 2.24) is 10.6 Å². The van der Waals surface area contributed by atoms with Crippen LogP contribution in [-0.2, 0) is 21.4 Å². The van der Waals surface area contributed by atoms with Gasteiger partial charge in [-0.1, -0.05) is 23.7 Å². The molecule has 0 saturated carbocycles. The van der Waals surface area contributed by atoms with E-state index in [-0.39, 0.29) is 22.7 Å². The quantitative estimate of drug-likeness (QED) is 0.476. The number of anilines is 1. The van der Waals surface area contributed by atoms with Gasteiger partial charge >= 0.3 is 0 Å². The van der Waals surface area contributed by atoms with Crippen LogP contribution in [0.15, 0.2) is 76.2 Å². The first-order chi connectivity index (χ1) is 14.8. The molecule has 2 amide bonds. The molecule has 0 fully saturated rings. The molecule has 1 atom stereocenters. The summed E-state index contributed by atoms with van der Waals surface area (Å²) in [5, 5.41) is 5.62. The molecule has 3 rings (SSSR count). The van der Waals surface area contributed by atoms with Crippen molar-refractivity contribution in [1.29, 1.82) is 0 Å². The molecular formula is C21H20ClN3O5S. The molecule has 0 radical (unpaired) electrons. The first kappa shape index (κ1) is 22.4. The Morgan fingerprint density at radius 2 is 1.74 bits per heavy atom. The maximum absolute atomic E-state index is 12.7. The van der Waals surface area contributed by atoms with E-state index in [2.05, 4.69) is 15.4 Å². The van der Waals surface area contributed by atoms with Crippen molar-refractivity contribution in [3.8, 4) is 0 Å². The molecule has 3 aromatic rings. The summed E-state index contributed by atoms with van der Waals surface area (Å²) in [6, 6.07) is 14.3. The summed E-state index contributed by atoms with van der Waals surface area (Å²) in [6.07, 6.45) is 1.49. The smallest absolute Gasteiger partial charge is 0.261 e. The number of para-hydroxylation sites is 1. The number of halogens is 1. The zero-order valence-electron chi connectivity index (χ0n) is 16.5. The van der Waals surface area contributed by atoms with E-state index in [0.717, 1.165) is 0 Å². The van der Waals surface area contributed by atoms with Crippen molar-refractivity contribution in [2.75, 3.05) is 4.72 Å². The van der Waals surface area contributed by atoms with Crippen molar-refractivity contribution < 1.29 is 22.4 Å². The lowest BCUT2D eigenvalue weighted by molar-refractivity contribution is -0.122. The van der Waals surface area contributed by atoms with Crippen LogP contribution in [0.3, 0.4) is 0 Å². The third-order valence-electron chi connectivity index (χ3n) is 4.30. The zero-order chi connectivity index (χ0) is 22.4. The summed E-state index contributed by atoms with van der Waals surface area (Å²) in [7, 11) is -3.94. The number of benzene rings is 2. The molecule has 1 unspecified atom stereocenters. The van der Waals surface area contributed by atoms with Crippen LogP contribution in [0.25, 0.3) is 0 Å². The lowest BCUT2D eigenvalue weighted by Crippen LogP contribution is -2.44. The van der Waals surface area contributed by atoms with E-state index in [1.165, 1.54) is 49.6 Å². The topological polar surface area (TPSA) is 118 Å². The Kier molecular flexibility index (Phi) is 6.98. The van der Waals surface area contributed by atoms with Crippen molar-refractivity contribution in [2.24, 2.45) is 0 Å². The molecule has 10 heteroatoms. The summed E-state index contributed by atoms with van der Waals surface area (Å²) >= 11 is 5.81. The van der Waals surface area contributed by atoms with Gasteiger partial charge in [0.25, 0.3) is 15.9 Å². The number of hydrogen-bond acceptors (Lipinski definition) is 5. The number of carbonyl (C=O) groups excluding carboxylic acids is 2. The number of rotatable bonds is 8. The Hall–Kier alpha value is -3.30.